The van der Waals surface area contributed by atoms with Crippen molar-refractivity contribution < 1.29 is 33.6 Å². The van der Waals surface area contributed by atoms with Gasteiger partial charge in [0.1, 0.15) is 30.8 Å². The third-order valence-electron chi connectivity index (χ3n) is 5.49. The maximum Gasteiger partial charge on any atom is 0.333 e. The Kier molecular flexibility index (Phi) is 10.7. The molecule has 0 saturated carbocycles. The van der Waals surface area contributed by atoms with Crippen LogP contribution in [0.25, 0.3) is 0 Å². The average molecular weight is 497 g/mol. The van der Waals surface area contributed by atoms with Crippen molar-refractivity contribution in [2.75, 3.05) is 26.4 Å². The molecular formula is C29H36O7. The summed E-state index contributed by atoms with van der Waals surface area (Å²) in [5.74, 6) is 0.428. The van der Waals surface area contributed by atoms with E-state index in [-0.39, 0.29) is 36.8 Å². The summed E-state index contributed by atoms with van der Waals surface area (Å²) in [6.45, 7) is 15.1. The Bertz CT molecular complexity index is 1040. The zero-order valence-corrected chi connectivity index (χ0v) is 21.5. The highest BCUT2D eigenvalue weighted by Gasteiger charge is 2.23. The first-order valence-corrected chi connectivity index (χ1v) is 11.8. The first-order valence-electron chi connectivity index (χ1n) is 11.8. The predicted molar refractivity (Wildman–Crippen MR) is 138 cm³/mol. The van der Waals surface area contributed by atoms with E-state index in [0.29, 0.717) is 24.4 Å². The normalized spacial score (nSPS) is 11.8. The molecule has 0 aliphatic rings. The van der Waals surface area contributed by atoms with Crippen LogP contribution in [0.4, 0.5) is 0 Å². The van der Waals surface area contributed by atoms with Crippen LogP contribution in [0.5, 0.6) is 11.5 Å². The Morgan fingerprint density at radius 1 is 0.778 bits per heavy atom. The Labute approximate surface area is 213 Å². The third-order valence-corrected chi connectivity index (χ3v) is 5.49. The highest BCUT2D eigenvalue weighted by Crippen LogP contribution is 2.33. The van der Waals surface area contributed by atoms with Gasteiger partial charge in [-0.25, -0.2) is 9.59 Å². The molecule has 2 aromatic carbocycles. The summed E-state index contributed by atoms with van der Waals surface area (Å²) in [6, 6.07) is 15.6. The van der Waals surface area contributed by atoms with Crippen LogP contribution in [-0.2, 0) is 24.5 Å². The molecule has 36 heavy (non-hydrogen) atoms. The lowest BCUT2D eigenvalue weighted by molar-refractivity contribution is -0.142. The minimum Gasteiger partial charge on any atom is -0.493 e. The number of hydrogen-bond acceptors (Lipinski definition) is 7. The largest absolute Gasteiger partial charge is 0.493 e. The minimum absolute atomic E-state index is 0.00397. The maximum atomic E-state index is 11.4. The van der Waals surface area contributed by atoms with Gasteiger partial charge < -0.3 is 24.1 Å². The molecule has 0 aliphatic heterocycles. The summed E-state index contributed by atoms with van der Waals surface area (Å²) < 4.78 is 21.3. The molecule has 0 saturated heterocycles. The summed E-state index contributed by atoms with van der Waals surface area (Å²) in [6.07, 6.45) is -0.339. The predicted octanol–water partition coefficient (Wildman–Crippen LogP) is 4.76. The van der Waals surface area contributed by atoms with Crippen LogP contribution < -0.4 is 9.47 Å². The van der Waals surface area contributed by atoms with E-state index in [0.717, 1.165) is 16.9 Å². The zero-order chi connectivity index (χ0) is 26.7. The van der Waals surface area contributed by atoms with E-state index in [4.69, 9.17) is 18.9 Å². The van der Waals surface area contributed by atoms with E-state index in [2.05, 4.69) is 27.0 Å². The maximum absolute atomic E-state index is 11.4. The lowest BCUT2D eigenvalue weighted by Gasteiger charge is -2.26. The molecule has 0 bridgehead atoms. The van der Waals surface area contributed by atoms with Gasteiger partial charge in [-0.1, -0.05) is 51.3 Å². The number of aliphatic hydroxyl groups excluding tert-OH is 1. The van der Waals surface area contributed by atoms with Crippen molar-refractivity contribution in [3.8, 4) is 11.5 Å². The second-order valence-electron chi connectivity index (χ2n) is 9.14. The number of rotatable bonds is 14. The van der Waals surface area contributed by atoms with Crippen LogP contribution in [0.15, 0.2) is 72.8 Å². The molecule has 1 atom stereocenters. The second kappa shape index (κ2) is 13.5. The van der Waals surface area contributed by atoms with E-state index >= 15 is 0 Å². The smallest absolute Gasteiger partial charge is 0.333 e. The molecule has 0 spiro atoms. The lowest BCUT2D eigenvalue weighted by atomic mass is 9.78. The van der Waals surface area contributed by atoms with Crippen molar-refractivity contribution in [2.45, 2.75) is 45.6 Å². The molecular weight excluding hydrogens is 460 g/mol. The van der Waals surface area contributed by atoms with E-state index in [1.165, 1.54) is 0 Å². The van der Waals surface area contributed by atoms with Crippen molar-refractivity contribution in [1.29, 1.82) is 0 Å². The number of aliphatic hydroxyl groups is 1. The standard InChI is InChI=1S/C29H36O7/c1-20(2)27(31)34-17-7-16-33-25-12-8-22(9-13-25)29(5,6)23-10-14-26(15-11-23)35-18-24(30)19-36-28(32)21(3)4/h8-15,24,30H,1,3,7,16-19H2,2,4-6H3. The SMILES string of the molecule is C=C(C)C(=O)OCCCOc1ccc(C(C)(C)c2ccc(OCC(O)COC(=O)C(=C)C)cc2)cc1. The molecule has 0 radical (unpaired) electrons. The molecule has 0 aliphatic carbocycles. The second-order valence-corrected chi connectivity index (χ2v) is 9.14. The number of esters is 2. The fourth-order valence-electron chi connectivity index (χ4n) is 3.17. The molecule has 1 N–H and O–H groups in total. The van der Waals surface area contributed by atoms with E-state index < -0.39 is 12.1 Å². The summed E-state index contributed by atoms with van der Waals surface area (Å²) in [4.78, 5) is 22.8. The third kappa shape index (κ3) is 8.89. The zero-order valence-electron chi connectivity index (χ0n) is 21.5. The van der Waals surface area contributed by atoms with Gasteiger partial charge in [-0.05, 0) is 49.2 Å². The summed E-state index contributed by atoms with van der Waals surface area (Å²) in [7, 11) is 0. The van der Waals surface area contributed by atoms with Crippen LogP contribution in [-0.4, -0.2) is 49.6 Å². The molecule has 2 aromatic rings. The van der Waals surface area contributed by atoms with Gasteiger partial charge in [0, 0.05) is 23.0 Å². The summed E-state index contributed by atoms with van der Waals surface area (Å²) >= 11 is 0. The van der Waals surface area contributed by atoms with Gasteiger partial charge in [-0.3, -0.25) is 0 Å². The molecule has 7 nitrogen and oxygen atoms in total. The van der Waals surface area contributed by atoms with Crippen LogP contribution in [0.1, 0.15) is 45.2 Å². The Hall–Kier alpha value is -3.58. The molecule has 0 amide bonds. The Balaban J connectivity index is 1.84. The quantitative estimate of drug-likeness (QED) is 0.229. The van der Waals surface area contributed by atoms with Crippen molar-refractivity contribution >= 4 is 11.9 Å². The average Bonchev–Trinajstić information content (AvgIpc) is 2.86. The fourth-order valence-corrected chi connectivity index (χ4v) is 3.17. The number of carbonyl (C=O) groups is 2. The monoisotopic (exact) mass is 496 g/mol. The minimum atomic E-state index is -0.934. The van der Waals surface area contributed by atoms with E-state index in [1.54, 1.807) is 13.8 Å². The highest BCUT2D eigenvalue weighted by molar-refractivity contribution is 5.87. The van der Waals surface area contributed by atoms with Crippen LogP contribution in [0.2, 0.25) is 0 Å². The van der Waals surface area contributed by atoms with Crippen molar-refractivity contribution in [1.82, 2.24) is 0 Å². The topological polar surface area (TPSA) is 91.3 Å². The van der Waals surface area contributed by atoms with Gasteiger partial charge in [-0.15, -0.1) is 0 Å². The lowest BCUT2D eigenvalue weighted by Crippen LogP contribution is -2.25. The molecule has 0 heterocycles. The van der Waals surface area contributed by atoms with Crippen molar-refractivity contribution in [2.24, 2.45) is 0 Å². The highest BCUT2D eigenvalue weighted by atomic mass is 16.5. The van der Waals surface area contributed by atoms with E-state index in [1.807, 2.05) is 48.5 Å². The number of ether oxygens (including phenoxy) is 4. The Morgan fingerprint density at radius 3 is 1.75 bits per heavy atom. The van der Waals surface area contributed by atoms with Gasteiger partial charge in [0.15, 0.2) is 0 Å². The van der Waals surface area contributed by atoms with Crippen molar-refractivity contribution in [3.63, 3.8) is 0 Å². The van der Waals surface area contributed by atoms with Gasteiger partial charge in [0.25, 0.3) is 0 Å². The van der Waals surface area contributed by atoms with Crippen LogP contribution in [0, 0.1) is 0 Å². The fraction of sp³-hybridized carbons (Fsp3) is 0.379. The molecule has 7 heteroatoms. The first kappa shape index (κ1) is 28.7. The van der Waals surface area contributed by atoms with Crippen LogP contribution in [0.3, 0.4) is 0 Å². The first-order chi connectivity index (χ1) is 17.0. The number of hydrogen-bond donors (Lipinski definition) is 1. The molecule has 0 aromatic heterocycles. The molecule has 0 fully saturated rings. The van der Waals surface area contributed by atoms with Gasteiger partial charge in [-0.2, -0.15) is 0 Å². The van der Waals surface area contributed by atoms with Gasteiger partial charge >= 0.3 is 11.9 Å². The molecule has 1 unspecified atom stereocenters. The molecule has 194 valence electrons. The van der Waals surface area contributed by atoms with Crippen LogP contribution >= 0.6 is 0 Å². The number of benzene rings is 2. The summed E-state index contributed by atoms with van der Waals surface area (Å²) in [5.41, 5.74) is 2.62. The van der Waals surface area contributed by atoms with E-state index in [9.17, 15) is 14.7 Å². The van der Waals surface area contributed by atoms with Crippen molar-refractivity contribution in [3.05, 3.63) is 84.0 Å². The van der Waals surface area contributed by atoms with Gasteiger partial charge in [0.05, 0.1) is 13.2 Å². The van der Waals surface area contributed by atoms with Gasteiger partial charge in [0.2, 0.25) is 0 Å². The number of carbonyl (C=O) groups excluding carboxylic acids is 2. The molecule has 2 rings (SSSR count). The Morgan fingerprint density at radius 2 is 1.25 bits per heavy atom. The summed E-state index contributed by atoms with van der Waals surface area (Å²) in [5, 5.41) is 9.95.